The number of benzene rings is 1. The number of carboxylic acids is 1. The predicted molar refractivity (Wildman–Crippen MR) is 82.8 cm³/mol. The zero-order valence-electron chi connectivity index (χ0n) is 12.5. The molecule has 22 heavy (non-hydrogen) atoms. The zero-order valence-corrected chi connectivity index (χ0v) is 12.5. The molecule has 0 aromatic heterocycles. The minimum atomic E-state index is -0.948. The van der Waals surface area contributed by atoms with E-state index in [1.54, 1.807) is 12.1 Å². The Morgan fingerprint density at radius 2 is 1.95 bits per heavy atom. The maximum absolute atomic E-state index is 12.0. The van der Waals surface area contributed by atoms with E-state index >= 15 is 0 Å². The number of carbonyl (C=O) groups excluding carboxylic acids is 1. The lowest BCUT2D eigenvalue weighted by atomic mass is 10.0. The lowest BCUT2D eigenvalue weighted by Gasteiger charge is -2.28. The summed E-state index contributed by atoms with van der Waals surface area (Å²) in [5.74, 6) is -1.96. The number of nitrogens with one attached hydrogen (secondary N) is 1. The van der Waals surface area contributed by atoms with Crippen LogP contribution in [0.3, 0.4) is 0 Å². The van der Waals surface area contributed by atoms with Crippen LogP contribution in [0.5, 0.6) is 5.75 Å². The van der Waals surface area contributed by atoms with E-state index < -0.39 is 11.9 Å². The van der Waals surface area contributed by atoms with E-state index in [0.29, 0.717) is 12.2 Å². The predicted octanol–water partition coefficient (Wildman–Crippen LogP) is 1.91. The highest BCUT2D eigenvalue weighted by Crippen LogP contribution is 2.17. The molecule has 6 heteroatoms. The molecule has 0 unspecified atom stereocenters. The second-order valence-electron chi connectivity index (χ2n) is 5.70. The molecule has 1 aliphatic heterocycles. The molecule has 3 N–H and O–H groups in total. The van der Waals surface area contributed by atoms with Crippen LogP contribution in [-0.4, -0.2) is 46.6 Å². The average Bonchev–Trinajstić information content (AvgIpc) is 2.47. The molecular weight excluding hydrogens is 284 g/mol. The Bertz CT molecular complexity index is 527. The van der Waals surface area contributed by atoms with E-state index in [0.717, 1.165) is 25.9 Å². The zero-order chi connectivity index (χ0) is 15.9. The van der Waals surface area contributed by atoms with Crippen LogP contribution in [0.25, 0.3) is 0 Å². The molecule has 1 aliphatic rings. The highest BCUT2D eigenvalue weighted by atomic mass is 16.4. The number of anilines is 1. The Kier molecular flexibility index (Phi) is 5.77. The number of phenols is 1. The summed E-state index contributed by atoms with van der Waals surface area (Å²) in [4.78, 5) is 25.5. The number of aromatic hydroxyl groups is 1. The van der Waals surface area contributed by atoms with E-state index in [4.69, 9.17) is 0 Å². The Morgan fingerprint density at radius 3 is 2.59 bits per heavy atom. The van der Waals surface area contributed by atoms with Gasteiger partial charge in [0.15, 0.2) is 0 Å². The van der Waals surface area contributed by atoms with Gasteiger partial charge in [-0.25, -0.2) is 0 Å². The van der Waals surface area contributed by atoms with Gasteiger partial charge in [0.05, 0.1) is 5.92 Å². The molecule has 0 radical (unpaired) electrons. The van der Waals surface area contributed by atoms with Crippen LogP contribution in [0, 0.1) is 5.92 Å². The summed E-state index contributed by atoms with van der Waals surface area (Å²) < 4.78 is 0. The maximum atomic E-state index is 12.0. The molecule has 1 amide bonds. The summed E-state index contributed by atoms with van der Waals surface area (Å²) >= 11 is 0. The molecule has 1 heterocycles. The van der Waals surface area contributed by atoms with Crippen LogP contribution in [0.4, 0.5) is 5.69 Å². The molecule has 0 saturated carbocycles. The van der Waals surface area contributed by atoms with Crippen LogP contribution in [0.1, 0.15) is 25.7 Å². The van der Waals surface area contributed by atoms with Crippen molar-refractivity contribution in [1.82, 2.24) is 4.90 Å². The first kappa shape index (κ1) is 16.3. The van der Waals surface area contributed by atoms with Crippen LogP contribution >= 0.6 is 0 Å². The number of carbonyl (C=O) groups is 2. The average molecular weight is 306 g/mol. The highest BCUT2D eigenvalue weighted by Gasteiger charge is 2.25. The molecule has 1 saturated heterocycles. The number of rotatable bonds is 6. The monoisotopic (exact) mass is 306 g/mol. The van der Waals surface area contributed by atoms with Crippen molar-refractivity contribution in [3.8, 4) is 5.75 Å². The number of phenolic OH excluding ortho intramolecular Hbond substituents is 1. The quantitative estimate of drug-likeness (QED) is 0.747. The first-order valence-corrected chi connectivity index (χ1v) is 7.58. The number of piperidine rings is 1. The third-order valence-electron chi connectivity index (χ3n) is 3.84. The fourth-order valence-electron chi connectivity index (χ4n) is 2.70. The van der Waals surface area contributed by atoms with Crippen molar-refractivity contribution in [2.45, 2.75) is 25.7 Å². The Morgan fingerprint density at radius 1 is 1.23 bits per heavy atom. The summed E-state index contributed by atoms with van der Waals surface area (Å²) in [7, 11) is 0. The summed E-state index contributed by atoms with van der Waals surface area (Å²) in [6, 6.07) is 6.20. The van der Waals surface area contributed by atoms with Gasteiger partial charge in [0, 0.05) is 24.7 Å². The number of aliphatic carboxylic acids is 1. The normalized spacial score (nSPS) is 16.9. The van der Waals surface area contributed by atoms with E-state index in [9.17, 15) is 19.8 Å². The van der Waals surface area contributed by atoms with E-state index in [2.05, 4.69) is 10.2 Å². The first-order valence-electron chi connectivity index (χ1n) is 7.58. The number of carboxylic acid groups (broad SMARTS) is 1. The Hall–Kier alpha value is -2.08. The molecule has 1 aromatic rings. The molecule has 0 bridgehead atoms. The van der Waals surface area contributed by atoms with Crippen molar-refractivity contribution < 1.29 is 19.8 Å². The Labute approximate surface area is 129 Å². The minimum absolute atomic E-state index is 0.0564. The molecule has 0 aliphatic carbocycles. The van der Waals surface area contributed by atoms with Gasteiger partial charge in [-0.05, 0) is 38.1 Å². The maximum Gasteiger partial charge on any atom is 0.308 e. The van der Waals surface area contributed by atoms with E-state index in [-0.39, 0.29) is 18.1 Å². The van der Waals surface area contributed by atoms with Gasteiger partial charge in [0.2, 0.25) is 5.91 Å². The number of hydrogen-bond donors (Lipinski definition) is 3. The van der Waals surface area contributed by atoms with Crippen LogP contribution in [0.15, 0.2) is 24.3 Å². The molecule has 1 aromatic carbocycles. The second kappa shape index (κ2) is 7.79. The molecule has 1 fully saturated rings. The largest absolute Gasteiger partial charge is 0.508 e. The van der Waals surface area contributed by atoms with Crippen LogP contribution < -0.4 is 5.32 Å². The van der Waals surface area contributed by atoms with Gasteiger partial charge in [-0.1, -0.05) is 12.5 Å². The molecule has 1 atom stereocenters. The van der Waals surface area contributed by atoms with E-state index in [1.165, 1.54) is 18.6 Å². The van der Waals surface area contributed by atoms with Gasteiger partial charge >= 0.3 is 5.97 Å². The summed E-state index contributed by atoms with van der Waals surface area (Å²) in [6.45, 7) is 2.21. The van der Waals surface area contributed by atoms with Gasteiger partial charge < -0.3 is 20.4 Å². The van der Waals surface area contributed by atoms with Gasteiger partial charge in [0.1, 0.15) is 5.75 Å². The minimum Gasteiger partial charge on any atom is -0.508 e. The lowest BCUT2D eigenvalue weighted by molar-refractivity contribution is -0.144. The molecule has 0 spiro atoms. The van der Waals surface area contributed by atoms with E-state index in [1.807, 2.05) is 0 Å². The topological polar surface area (TPSA) is 89.9 Å². The Balaban J connectivity index is 1.89. The summed E-state index contributed by atoms with van der Waals surface area (Å²) in [6.07, 6.45) is 3.29. The summed E-state index contributed by atoms with van der Waals surface area (Å²) in [5, 5.41) is 21.3. The van der Waals surface area contributed by atoms with Crippen molar-refractivity contribution in [2.24, 2.45) is 5.92 Å². The number of nitrogens with zero attached hydrogens (tertiary/aromatic N) is 1. The lowest BCUT2D eigenvalue weighted by Crippen LogP contribution is -2.38. The number of likely N-dealkylation sites (tertiary alicyclic amines) is 1. The van der Waals surface area contributed by atoms with Crippen molar-refractivity contribution in [2.75, 3.05) is 25.0 Å². The van der Waals surface area contributed by atoms with Crippen molar-refractivity contribution in [3.63, 3.8) is 0 Å². The third-order valence-corrected chi connectivity index (χ3v) is 3.84. The van der Waals surface area contributed by atoms with Gasteiger partial charge in [-0.2, -0.15) is 0 Å². The molecule has 2 rings (SSSR count). The number of amides is 1. The summed E-state index contributed by atoms with van der Waals surface area (Å²) in [5.41, 5.74) is 0.465. The third kappa shape index (κ3) is 5.04. The van der Waals surface area contributed by atoms with Gasteiger partial charge in [0.25, 0.3) is 0 Å². The van der Waals surface area contributed by atoms with Gasteiger partial charge in [-0.3, -0.25) is 9.59 Å². The molecular formula is C16H22N2O4. The standard InChI is InChI=1S/C16H22N2O4/c19-14-6-4-5-13(10-14)17-15(20)9-12(16(21)22)11-18-7-2-1-3-8-18/h4-6,10,12,19H,1-3,7-9,11H2,(H,17,20)(H,21,22)/t12-/m1/s1. The fraction of sp³-hybridized carbons (Fsp3) is 0.500. The van der Waals surface area contributed by atoms with Crippen LogP contribution in [0.2, 0.25) is 0 Å². The van der Waals surface area contributed by atoms with Crippen molar-refractivity contribution in [3.05, 3.63) is 24.3 Å². The number of hydrogen-bond acceptors (Lipinski definition) is 4. The highest BCUT2D eigenvalue weighted by molar-refractivity contribution is 5.93. The second-order valence-corrected chi connectivity index (χ2v) is 5.70. The first-order chi connectivity index (χ1) is 10.5. The van der Waals surface area contributed by atoms with Crippen LogP contribution in [-0.2, 0) is 9.59 Å². The van der Waals surface area contributed by atoms with Crippen molar-refractivity contribution in [1.29, 1.82) is 0 Å². The smallest absolute Gasteiger partial charge is 0.308 e. The van der Waals surface area contributed by atoms with Crippen molar-refractivity contribution >= 4 is 17.6 Å². The molecule has 120 valence electrons. The molecule has 6 nitrogen and oxygen atoms in total. The van der Waals surface area contributed by atoms with Gasteiger partial charge in [-0.15, -0.1) is 0 Å². The fourth-order valence-corrected chi connectivity index (χ4v) is 2.70. The SMILES string of the molecule is O=C(C[C@H](CN1CCCCC1)C(=O)O)Nc1cccc(O)c1.